The second-order valence-corrected chi connectivity index (χ2v) is 7.12. The third kappa shape index (κ3) is 4.02. The van der Waals surface area contributed by atoms with Crippen LogP contribution in [0.1, 0.15) is 17.8 Å². The molecule has 3 aromatic rings. The van der Waals surface area contributed by atoms with Crippen LogP contribution in [0.4, 0.5) is 5.69 Å². The first-order chi connectivity index (χ1) is 12.6. The van der Waals surface area contributed by atoms with Crippen molar-refractivity contribution in [3.8, 4) is 11.3 Å². The minimum absolute atomic E-state index is 0. The van der Waals surface area contributed by atoms with Crippen molar-refractivity contribution < 1.29 is 21.8 Å². The molecule has 1 aromatic heterocycles. The van der Waals surface area contributed by atoms with Crippen LogP contribution in [0.3, 0.4) is 0 Å². The first-order valence-electron chi connectivity index (χ1n) is 8.85. The molecule has 0 bridgehead atoms. The van der Waals surface area contributed by atoms with Crippen LogP contribution in [0, 0.1) is 6.92 Å². The Labute approximate surface area is 170 Å². The van der Waals surface area contributed by atoms with Crippen LogP contribution < -0.4 is 22.3 Å². The molecule has 140 valence electrons. The third-order valence-corrected chi connectivity index (χ3v) is 5.12. The minimum Gasteiger partial charge on any atom is -1.00 e. The SMILES string of the molecule is Cc1ccccc1NC(=O)C[n+]1cc(-c2ccc(Cl)cc2)n2c1CCC2.[Cl-]. The lowest BCUT2D eigenvalue weighted by molar-refractivity contribution is -0.690. The summed E-state index contributed by atoms with van der Waals surface area (Å²) in [5.41, 5.74) is 4.19. The van der Waals surface area contributed by atoms with Crippen LogP contribution in [-0.2, 0) is 24.3 Å². The molecule has 1 aliphatic heterocycles. The summed E-state index contributed by atoms with van der Waals surface area (Å²) in [5.74, 6) is 1.20. The molecule has 0 unspecified atom stereocenters. The lowest BCUT2D eigenvalue weighted by Crippen LogP contribution is -3.00. The molecule has 6 heteroatoms. The predicted octanol–water partition coefficient (Wildman–Crippen LogP) is 0.993. The number of amides is 1. The van der Waals surface area contributed by atoms with Gasteiger partial charge in [-0.2, -0.15) is 0 Å². The van der Waals surface area contributed by atoms with E-state index in [0.717, 1.165) is 46.9 Å². The van der Waals surface area contributed by atoms with E-state index < -0.39 is 0 Å². The van der Waals surface area contributed by atoms with E-state index >= 15 is 0 Å². The smallest absolute Gasteiger partial charge is 0.266 e. The zero-order valence-corrected chi connectivity index (χ0v) is 16.6. The van der Waals surface area contributed by atoms with Gasteiger partial charge in [-0.1, -0.05) is 29.8 Å². The molecule has 0 saturated carbocycles. The molecule has 0 fully saturated rings. The van der Waals surface area contributed by atoms with E-state index in [4.69, 9.17) is 11.6 Å². The van der Waals surface area contributed by atoms with Crippen molar-refractivity contribution in [2.24, 2.45) is 0 Å². The molecule has 2 aromatic carbocycles. The molecule has 1 amide bonds. The van der Waals surface area contributed by atoms with Crippen molar-refractivity contribution >= 4 is 23.2 Å². The lowest BCUT2D eigenvalue weighted by atomic mass is 10.1. The standard InChI is InChI=1S/C21H20ClN3O.ClH/c1-15-5-2-3-6-18(15)23-20(26)14-24-13-19(25-12-4-7-21(24)25)16-8-10-17(22)11-9-16;/h2-3,5-6,8-11,13H,4,7,12,14H2,1H3;1H. The summed E-state index contributed by atoms with van der Waals surface area (Å²) in [7, 11) is 0. The van der Waals surface area contributed by atoms with Gasteiger partial charge in [0.1, 0.15) is 6.20 Å². The van der Waals surface area contributed by atoms with Crippen LogP contribution in [-0.4, -0.2) is 10.5 Å². The third-order valence-electron chi connectivity index (χ3n) is 4.87. The summed E-state index contributed by atoms with van der Waals surface area (Å²) in [6, 6.07) is 15.7. The zero-order valence-electron chi connectivity index (χ0n) is 15.1. The molecule has 0 atom stereocenters. The summed E-state index contributed by atoms with van der Waals surface area (Å²) >= 11 is 6.02. The number of halogens is 2. The zero-order chi connectivity index (χ0) is 18.1. The topological polar surface area (TPSA) is 37.9 Å². The molecule has 0 spiro atoms. The Bertz CT molecular complexity index is 964. The Morgan fingerprint density at radius 1 is 1.19 bits per heavy atom. The molecular formula is C21H21Cl2N3O. The Kier molecular flexibility index (Phi) is 5.88. The lowest BCUT2D eigenvalue weighted by Gasteiger charge is -2.07. The summed E-state index contributed by atoms with van der Waals surface area (Å²) in [6.07, 6.45) is 4.18. The molecule has 1 N–H and O–H groups in total. The highest BCUT2D eigenvalue weighted by Crippen LogP contribution is 2.26. The van der Waals surface area contributed by atoms with Crippen LogP contribution >= 0.6 is 11.6 Å². The molecule has 4 nitrogen and oxygen atoms in total. The maximum absolute atomic E-state index is 12.6. The number of carbonyl (C=O) groups is 1. The first-order valence-corrected chi connectivity index (χ1v) is 9.23. The number of imidazole rings is 1. The van der Waals surface area contributed by atoms with Crippen LogP contribution in [0.25, 0.3) is 11.3 Å². The summed E-state index contributed by atoms with van der Waals surface area (Å²) in [5, 5.41) is 3.75. The van der Waals surface area contributed by atoms with Crippen LogP contribution in [0.15, 0.2) is 54.7 Å². The van der Waals surface area contributed by atoms with Crippen LogP contribution in [0.2, 0.25) is 5.02 Å². The van der Waals surface area contributed by atoms with E-state index in [1.54, 1.807) is 0 Å². The summed E-state index contributed by atoms with van der Waals surface area (Å²) < 4.78 is 4.38. The Morgan fingerprint density at radius 2 is 1.93 bits per heavy atom. The quantitative estimate of drug-likeness (QED) is 0.650. The number of para-hydroxylation sites is 1. The normalized spacial score (nSPS) is 12.4. The van der Waals surface area contributed by atoms with Crippen LogP contribution in [0.5, 0.6) is 0 Å². The van der Waals surface area contributed by atoms with Gasteiger partial charge >= 0.3 is 0 Å². The highest BCUT2D eigenvalue weighted by Gasteiger charge is 2.29. The average molecular weight is 402 g/mol. The maximum Gasteiger partial charge on any atom is 0.266 e. The van der Waals surface area contributed by atoms with Gasteiger partial charge in [0.15, 0.2) is 12.2 Å². The van der Waals surface area contributed by atoms with E-state index in [0.29, 0.717) is 6.54 Å². The van der Waals surface area contributed by atoms with Gasteiger partial charge in [0.2, 0.25) is 0 Å². The highest BCUT2D eigenvalue weighted by molar-refractivity contribution is 6.30. The van der Waals surface area contributed by atoms with Crippen molar-refractivity contribution in [3.63, 3.8) is 0 Å². The predicted molar refractivity (Wildman–Crippen MR) is 103 cm³/mol. The van der Waals surface area contributed by atoms with Crippen molar-refractivity contribution in [1.82, 2.24) is 4.57 Å². The fraction of sp³-hybridized carbons (Fsp3) is 0.238. The van der Waals surface area contributed by atoms with Gasteiger partial charge in [-0.15, -0.1) is 0 Å². The van der Waals surface area contributed by atoms with E-state index in [9.17, 15) is 4.79 Å². The van der Waals surface area contributed by atoms with Gasteiger partial charge in [-0.3, -0.25) is 4.79 Å². The van der Waals surface area contributed by atoms with E-state index in [1.165, 1.54) is 5.82 Å². The molecular weight excluding hydrogens is 381 g/mol. The number of hydrogen-bond acceptors (Lipinski definition) is 1. The minimum atomic E-state index is -0.00717. The van der Waals surface area contributed by atoms with Crippen molar-refractivity contribution in [2.75, 3.05) is 5.32 Å². The number of nitrogens with zero attached hydrogens (tertiary/aromatic N) is 2. The van der Waals surface area contributed by atoms with E-state index in [-0.39, 0.29) is 18.3 Å². The first kappa shape index (κ1) is 19.5. The monoisotopic (exact) mass is 401 g/mol. The second-order valence-electron chi connectivity index (χ2n) is 6.68. The molecule has 1 aliphatic rings. The molecule has 0 radical (unpaired) electrons. The number of hydrogen-bond donors (Lipinski definition) is 1. The van der Waals surface area contributed by atoms with Crippen molar-refractivity contribution in [2.45, 2.75) is 32.9 Å². The summed E-state index contributed by atoms with van der Waals surface area (Å²) in [4.78, 5) is 12.6. The number of aromatic nitrogens is 2. The number of benzene rings is 2. The average Bonchev–Trinajstić information content (AvgIpc) is 3.22. The highest BCUT2D eigenvalue weighted by atomic mass is 35.5. The van der Waals surface area contributed by atoms with Gasteiger partial charge in [-0.25, -0.2) is 9.13 Å². The number of rotatable bonds is 4. The Hall–Kier alpha value is -2.30. The fourth-order valence-corrected chi connectivity index (χ4v) is 3.68. The fourth-order valence-electron chi connectivity index (χ4n) is 3.55. The Morgan fingerprint density at radius 3 is 2.67 bits per heavy atom. The molecule has 0 saturated heterocycles. The maximum atomic E-state index is 12.6. The van der Waals surface area contributed by atoms with Gasteiger partial charge in [0.25, 0.3) is 11.7 Å². The van der Waals surface area contributed by atoms with Gasteiger partial charge in [-0.05, 0) is 49.2 Å². The molecule has 2 heterocycles. The second kappa shape index (κ2) is 8.15. The summed E-state index contributed by atoms with van der Waals surface area (Å²) in [6.45, 7) is 3.30. The molecule has 0 aliphatic carbocycles. The van der Waals surface area contributed by atoms with Gasteiger partial charge in [0.05, 0.1) is 13.0 Å². The largest absolute Gasteiger partial charge is 1.00 e. The van der Waals surface area contributed by atoms with Gasteiger partial charge in [0, 0.05) is 16.3 Å². The number of nitrogens with one attached hydrogen (secondary N) is 1. The van der Waals surface area contributed by atoms with Gasteiger partial charge < -0.3 is 17.7 Å². The number of fused-ring (bicyclic) bond motifs is 1. The number of aryl methyl sites for hydroxylation is 1. The molecule has 27 heavy (non-hydrogen) atoms. The number of carbonyl (C=O) groups excluding carboxylic acids is 1. The van der Waals surface area contributed by atoms with Crippen molar-refractivity contribution in [3.05, 3.63) is 71.1 Å². The Balaban J connectivity index is 0.00000210. The van der Waals surface area contributed by atoms with E-state index in [1.807, 2.05) is 55.5 Å². The molecule has 4 rings (SSSR count). The van der Waals surface area contributed by atoms with E-state index in [2.05, 4.69) is 20.6 Å². The number of anilines is 1. The van der Waals surface area contributed by atoms with Crippen molar-refractivity contribution in [1.29, 1.82) is 0 Å².